The van der Waals surface area contributed by atoms with Crippen LogP contribution in [0, 0.1) is 0 Å². The lowest BCUT2D eigenvalue weighted by molar-refractivity contribution is 0.501. The van der Waals surface area contributed by atoms with Gasteiger partial charge in [0.1, 0.15) is 0 Å². The SMILES string of the molecule is Cn1ccc2cc([B-](F)(F)F)ccc21. The van der Waals surface area contributed by atoms with Crippen molar-refractivity contribution in [1.82, 2.24) is 4.57 Å². The van der Waals surface area contributed by atoms with Crippen LogP contribution in [0.3, 0.4) is 0 Å². The standard InChI is InChI=1S/C9H8BF3N/c1-14-5-4-7-6-8(10(11,12)13)2-3-9(7)14/h2-6H,1H3/q-1. The van der Waals surface area contributed by atoms with Gasteiger partial charge >= 0.3 is 6.98 Å². The summed E-state index contributed by atoms with van der Waals surface area (Å²) < 4.78 is 38.9. The second-order valence-electron chi connectivity index (χ2n) is 3.32. The molecule has 14 heavy (non-hydrogen) atoms. The smallest absolute Gasteiger partial charge is 0.445 e. The van der Waals surface area contributed by atoms with E-state index in [0.29, 0.717) is 5.39 Å². The zero-order valence-corrected chi connectivity index (χ0v) is 7.55. The lowest BCUT2D eigenvalue weighted by atomic mass is 9.80. The van der Waals surface area contributed by atoms with Gasteiger partial charge in [-0.1, -0.05) is 12.1 Å². The van der Waals surface area contributed by atoms with Gasteiger partial charge in [0.05, 0.1) is 0 Å². The van der Waals surface area contributed by atoms with Gasteiger partial charge in [0.15, 0.2) is 0 Å². The van der Waals surface area contributed by atoms with Crippen LogP contribution in [0.1, 0.15) is 0 Å². The highest BCUT2D eigenvalue weighted by molar-refractivity contribution is 6.73. The molecule has 2 rings (SSSR count). The topological polar surface area (TPSA) is 4.93 Å². The fraction of sp³-hybridized carbons (Fsp3) is 0.111. The van der Waals surface area contributed by atoms with E-state index in [9.17, 15) is 12.9 Å². The molecule has 1 aromatic heterocycles. The van der Waals surface area contributed by atoms with E-state index >= 15 is 0 Å². The van der Waals surface area contributed by atoms with Crippen molar-refractivity contribution in [2.75, 3.05) is 0 Å². The lowest BCUT2D eigenvalue weighted by Gasteiger charge is -2.14. The quantitative estimate of drug-likeness (QED) is 0.619. The molecule has 0 bridgehead atoms. The number of halogens is 3. The maximum atomic E-state index is 12.4. The maximum Gasteiger partial charge on any atom is 0.509 e. The molecule has 0 spiro atoms. The van der Waals surface area contributed by atoms with Gasteiger partial charge in [-0.25, -0.2) is 0 Å². The number of nitrogens with zero attached hydrogens (tertiary/aromatic N) is 1. The molecule has 0 unspecified atom stereocenters. The summed E-state index contributed by atoms with van der Waals surface area (Å²) in [5, 5.41) is 0.629. The summed E-state index contributed by atoms with van der Waals surface area (Å²) in [7, 11) is 1.81. The second-order valence-corrected chi connectivity index (χ2v) is 3.32. The highest BCUT2D eigenvalue weighted by atomic mass is 19.4. The maximum absolute atomic E-state index is 12.4. The fourth-order valence-electron chi connectivity index (χ4n) is 1.50. The predicted octanol–water partition coefficient (Wildman–Crippen LogP) is 2.23. The van der Waals surface area contributed by atoms with Gasteiger partial charge in [0.25, 0.3) is 0 Å². The first kappa shape index (κ1) is 9.18. The zero-order chi connectivity index (χ0) is 10.3. The van der Waals surface area contributed by atoms with E-state index in [0.717, 1.165) is 11.6 Å². The van der Waals surface area contributed by atoms with Crippen LogP contribution >= 0.6 is 0 Å². The molecule has 0 aliphatic heterocycles. The Morgan fingerprint density at radius 2 is 1.86 bits per heavy atom. The van der Waals surface area contributed by atoms with Crippen molar-refractivity contribution < 1.29 is 12.9 Å². The minimum atomic E-state index is -4.89. The monoisotopic (exact) mass is 198 g/mol. The van der Waals surface area contributed by atoms with Crippen molar-refractivity contribution in [2.24, 2.45) is 7.05 Å². The normalized spacial score (nSPS) is 12.3. The predicted molar refractivity (Wildman–Crippen MR) is 51.6 cm³/mol. The molecule has 1 aromatic carbocycles. The highest BCUT2D eigenvalue weighted by Crippen LogP contribution is 2.16. The van der Waals surface area contributed by atoms with Gasteiger partial charge in [-0.3, -0.25) is 0 Å². The van der Waals surface area contributed by atoms with Crippen LogP contribution in [0.25, 0.3) is 10.9 Å². The Bertz CT molecular complexity index is 472. The first-order valence-electron chi connectivity index (χ1n) is 4.23. The molecule has 0 atom stereocenters. The summed E-state index contributed by atoms with van der Waals surface area (Å²) >= 11 is 0. The van der Waals surface area contributed by atoms with E-state index in [-0.39, 0.29) is 0 Å². The van der Waals surface area contributed by atoms with Crippen molar-refractivity contribution in [3.63, 3.8) is 0 Å². The molecule has 0 amide bonds. The molecule has 0 saturated heterocycles. The number of hydrogen-bond acceptors (Lipinski definition) is 0. The van der Waals surface area contributed by atoms with Gasteiger partial charge in [0, 0.05) is 18.8 Å². The third kappa shape index (κ3) is 1.39. The van der Waals surface area contributed by atoms with Crippen LogP contribution in [0.5, 0.6) is 0 Å². The number of rotatable bonds is 1. The Kier molecular flexibility index (Phi) is 1.84. The fourth-order valence-corrected chi connectivity index (χ4v) is 1.50. The average Bonchev–Trinajstić information content (AvgIpc) is 2.46. The number of fused-ring (bicyclic) bond motifs is 1. The van der Waals surface area contributed by atoms with E-state index in [1.807, 2.05) is 0 Å². The Hall–Kier alpha value is -1.39. The summed E-state index contributed by atoms with van der Waals surface area (Å²) in [6, 6.07) is 5.50. The first-order valence-corrected chi connectivity index (χ1v) is 4.23. The summed E-state index contributed by atoms with van der Waals surface area (Å²) in [4.78, 5) is 0. The molecule has 0 aliphatic rings. The van der Waals surface area contributed by atoms with E-state index in [4.69, 9.17) is 0 Å². The molecule has 0 aliphatic carbocycles. The molecular weight excluding hydrogens is 190 g/mol. The Morgan fingerprint density at radius 1 is 1.14 bits per heavy atom. The largest absolute Gasteiger partial charge is 0.509 e. The summed E-state index contributed by atoms with van der Waals surface area (Å²) in [6.45, 7) is -4.89. The Morgan fingerprint density at radius 3 is 2.50 bits per heavy atom. The summed E-state index contributed by atoms with van der Waals surface area (Å²) in [5.41, 5.74) is 0.275. The molecule has 1 heterocycles. The molecule has 5 heteroatoms. The molecule has 74 valence electrons. The van der Waals surface area contributed by atoms with Crippen LogP contribution in [-0.2, 0) is 7.05 Å². The third-order valence-corrected chi connectivity index (χ3v) is 2.29. The van der Waals surface area contributed by atoms with Crippen LogP contribution in [0.4, 0.5) is 12.9 Å². The summed E-state index contributed by atoms with van der Waals surface area (Å²) in [6.07, 6.45) is 1.75. The van der Waals surface area contributed by atoms with Crippen molar-refractivity contribution >= 4 is 23.3 Å². The third-order valence-electron chi connectivity index (χ3n) is 2.29. The lowest BCUT2D eigenvalue weighted by Crippen LogP contribution is -2.33. The van der Waals surface area contributed by atoms with Gasteiger partial charge in [-0.15, -0.1) is 5.46 Å². The molecule has 2 aromatic rings. The van der Waals surface area contributed by atoms with E-state index in [2.05, 4.69) is 0 Å². The van der Waals surface area contributed by atoms with Crippen LogP contribution in [-0.4, -0.2) is 11.5 Å². The van der Waals surface area contributed by atoms with Crippen LogP contribution in [0.15, 0.2) is 30.5 Å². The number of benzene rings is 1. The molecule has 0 N–H and O–H groups in total. The van der Waals surface area contributed by atoms with Gasteiger partial charge in [-0.2, -0.15) is 0 Å². The van der Waals surface area contributed by atoms with E-state index in [1.54, 1.807) is 23.9 Å². The van der Waals surface area contributed by atoms with E-state index < -0.39 is 12.4 Å². The van der Waals surface area contributed by atoms with Crippen molar-refractivity contribution in [1.29, 1.82) is 0 Å². The van der Waals surface area contributed by atoms with Crippen molar-refractivity contribution in [3.05, 3.63) is 30.5 Å². The molecule has 1 nitrogen and oxygen atoms in total. The minimum absolute atomic E-state index is 0.538. The second kappa shape index (κ2) is 2.80. The number of aryl methyl sites for hydroxylation is 1. The van der Waals surface area contributed by atoms with Gasteiger partial charge in [-0.05, 0) is 17.5 Å². The molecule has 0 saturated carbocycles. The first-order chi connectivity index (χ1) is 6.48. The van der Waals surface area contributed by atoms with Crippen LogP contribution < -0.4 is 5.46 Å². The zero-order valence-electron chi connectivity index (χ0n) is 7.55. The highest BCUT2D eigenvalue weighted by Gasteiger charge is 2.25. The Balaban J connectivity index is 2.63. The summed E-state index contributed by atoms with van der Waals surface area (Å²) in [5.74, 6) is 0. The van der Waals surface area contributed by atoms with Gasteiger partial charge in [0.2, 0.25) is 0 Å². The molecule has 0 fully saturated rings. The van der Waals surface area contributed by atoms with Crippen molar-refractivity contribution in [3.8, 4) is 0 Å². The average molecular weight is 198 g/mol. The van der Waals surface area contributed by atoms with Crippen molar-refractivity contribution in [2.45, 2.75) is 0 Å². The Labute approximate surface area is 79.2 Å². The van der Waals surface area contributed by atoms with E-state index in [1.165, 1.54) is 12.1 Å². The molecular formula is C9H8BF3N-. The number of hydrogen-bond donors (Lipinski definition) is 0. The minimum Gasteiger partial charge on any atom is -0.445 e. The molecule has 0 radical (unpaired) electrons. The van der Waals surface area contributed by atoms with Gasteiger partial charge < -0.3 is 17.5 Å². The number of aromatic nitrogens is 1. The van der Waals surface area contributed by atoms with Crippen LogP contribution in [0.2, 0.25) is 0 Å².